The van der Waals surface area contributed by atoms with Gasteiger partial charge in [-0.05, 0) is 55.2 Å². The van der Waals surface area contributed by atoms with E-state index < -0.39 is 52.7 Å². The maximum atomic E-state index is 14.7. The van der Waals surface area contributed by atoms with Crippen LogP contribution in [0.25, 0.3) is 0 Å². The van der Waals surface area contributed by atoms with Crippen LogP contribution in [0.5, 0.6) is 11.5 Å². The maximum Gasteiger partial charge on any atom is 0.349 e. The summed E-state index contributed by atoms with van der Waals surface area (Å²) in [5.74, 6) is -7.55. The molecule has 0 aromatic heterocycles. The molecule has 0 heterocycles. The lowest BCUT2D eigenvalue weighted by molar-refractivity contribution is 0.0723. The molecule has 184 valence electrons. The molecule has 0 bridgehead atoms. The van der Waals surface area contributed by atoms with Crippen molar-refractivity contribution < 1.29 is 40.6 Å². The number of halogens is 6. The highest BCUT2D eigenvalue weighted by molar-refractivity contribution is 5.91. The molecule has 1 aliphatic carbocycles. The van der Waals surface area contributed by atoms with Crippen LogP contribution < -0.4 is 9.47 Å². The molecule has 1 aliphatic rings. The third-order valence-electron chi connectivity index (χ3n) is 5.88. The molecule has 1 saturated carbocycles. The molecular formula is C25H24F6O3. The lowest BCUT2D eigenvalue weighted by Gasteiger charge is -2.28. The number of benzene rings is 2. The zero-order valence-corrected chi connectivity index (χ0v) is 18.4. The predicted molar refractivity (Wildman–Crippen MR) is 113 cm³/mol. The molecule has 0 N–H and O–H groups in total. The van der Waals surface area contributed by atoms with Crippen molar-refractivity contribution in [3.63, 3.8) is 0 Å². The van der Waals surface area contributed by atoms with Crippen molar-refractivity contribution in [2.24, 2.45) is 5.92 Å². The molecule has 0 amide bonds. The van der Waals surface area contributed by atoms with Crippen molar-refractivity contribution >= 4 is 5.97 Å². The molecular weight excluding hydrogens is 462 g/mol. The summed E-state index contributed by atoms with van der Waals surface area (Å²) in [7, 11) is 0. The number of hydrogen-bond acceptors (Lipinski definition) is 3. The summed E-state index contributed by atoms with van der Waals surface area (Å²) in [5, 5.41) is 0. The van der Waals surface area contributed by atoms with Crippen LogP contribution in [0.3, 0.4) is 0 Å². The van der Waals surface area contributed by atoms with Gasteiger partial charge in [0.05, 0.1) is 6.26 Å². The van der Waals surface area contributed by atoms with Gasteiger partial charge in [-0.1, -0.05) is 19.8 Å². The van der Waals surface area contributed by atoms with Gasteiger partial charge in [-0.15, -0.1) is 0 Å². The normalized spacial score (nSPS) is 18.5. The van der Waals surface area contributed by atoms with E-state index in [-0.39, 0.29) is 12.0 Å². The first-order valence-electron chi connectivity index (χ1n) is 11.0. The number of allylic oxidation sites excluding steroid dienone is 1. The Balaban J connectivity index is 1.73. The summed E-state index contributed by atoms with van der Waals surface area (Å²) in [4.78, 5) is 12.3. The van der Waals surface area contributed by atoms with Gasteiger partial charge in [0, 0.05) is 18.2 Å². The second kappa shape index (κ2) is 11.4. The number of ether oxygens (including phenoxy) is 2. The molecule has 0 unspecified atom stereocenters. The molecule has 34 heavy (non-hydrogen) atoms. The molecule has 0 atom stereocenters. The van der Waals surface area contributed by atoms with Crippen molar-refractivity contribution in [2.75, 3.05) is 0 Å². The Morgan fingerprint density at radius 1 is 0.971 bits per heavy atom. The number of rotatable bonds is 8. The lowest BCUT2D eigenvalue weighted by atomic mass is 9.77. The van der Waals surface area contributed by atoms with Gasteiger partial charge in [0.15, 0.2) is 17.4 Å². The van der Waals surface area contributed by atoms with Crippen molar-refractivity contribution in [1.82, 2.24) is 0 Å². The molecule has 0 spiro atoms. The highest BCUT2D eigenvalue weighted by atomic mass is 19.3. The van der Waals surface area contributed by atoms with Crippen LogP contribution in [-0.4, -0.2) is 12.4 Å². The lowest BCUT2D eigenvalue weighted by Crippen LogP contribution is -2.17. The molecule has 1 fully saturated rings. The number of esters is 1. The fourth-order valence-electron chi connectivity index (χ4n) is 4.25. The minimum absolute atomic E-state index is 0.0166. The van der Waals surface area contributed by atoms with Gasteiger partial charge in [0.2, 0.25) is 0 Å². The maximum absolute atomic E-state index is 14.7. The van der Waals surface area contributed by atoms with Crippen LogP contribution in [0.1, 0.15) is 67.3 Å². The fraction of sp³-hybridized carbons (Fsp3) is 0.400. The Morgan fingerprint density at radius 2 is 1.56 bits per heavy atom. The summed E-state index contributed by atoms with van der Waals surface area (Å²) in [6.07, 6.45) is 3.54. The highest BCUT2D eigenvalue weighted by Gasteiger charge is 2.27. The van der Waals surface area contributed by atoms with E-state index in [0.717, 1.165) is 50.7 Å². The second-order valence-electron chi connectivity index (χ2n) is 8.25. The van der Waals surface area contributed by atoms with Gasteiger partial charge >= 0.3 is 5.97 Å². The fourth-order valence-corrected chi connectivity index (χ4v) is 4.25. The van der Waals surface area contributed by atoms with Crippen LogP contribution >= 0.6 is 0 Å². The van der Waals surface area contributed by atoms with Crippen LogP contribution in [0.15, 0.2) is 36.6 Å². The quantitative estimate of drug-likeness (QED) is 0.166. The zero-order valence-electron chi connectivity index (χ0n) is 18.4. The van der Waals surface area contributed by atoms with Gasteiger partial charge in [-0.25, -0.2) is 31.1 Å². The summed E-state index contributed by atoms with van der Waals surface area (Å²) in [6.45, 7) is 2.12. The van der Waals surface area contributed by atoms with Crippen LogP contribution in [0, 0.1) is 29.2 Å². The molecule has 0 saturated heterocycles. The van der Waals surface area contributed by atoms with Crippen molar-refractivity contribution in [2.45, 2.75) is 57.8 Å². The molecule has 3 nitrogen and oxygen atoms in total. The second-order valence-corrected chi connectivity index (χ2v) is 8.25. The third-order valence-corrected chi connectivity index (χ3v) is 5.88. The highest BCUT2D eigenvalue weighted by Crippen LogP contribution is 2.38. The van der Waals surface area contributed by atoms with Crippen LogP contribution in [0.2, 0.25) is 0 Å². The van der Waals surface area contributed by atoms with Crippen molar-refractivity contribution in [3.05, 3.63) is 71.0 Å². The molecule has 0 aliphatic heterocycles. The first-order valence-corrected chi connectivity index (χ1v) is 11.0. The van der Waals surface area contributed by atoms with E-state index >= 15 is 0 Å². The van der Waals surface area contributed by atoms with E-state index in [1.807, 2.05) is 0 Å². The summed E-state index contributed by atoms with van der Waals surface area (Å²) in [5.41, 5.74) is -0.527. The number of carbonyl (C=O) groups excluding carboxylic acids is 1. The van der Waals surface area contributed by atoms with Gasteiger partial charge in [-0.3, -0.25) is 0 Å². The molecule has 3 rings (SSSR count). The van der Waals surface area contributed by atoms with E-state index in [2.05, 4.69) is 11.7 Å². The predicted octanol–water partition coefficient (Wildman–Crippen LogP) is 7.69. The summed E-state index contributed by atoms with van der Waals surface area (Å²) < 4.78 is 90.8. The van der Waals surface area contributed by atoms with Gasteiger partial charge in [-0.2, -0.15) is 0 Å². The Kier molecular flexibility index (Phi) is 8.63. The minimum Gasteiger partial charge on any atom is -0.459 e. The standard InChI is InChI=1S/C25H24F6O3/c1-2-3-14-4-6-15(7-5-14)16-10-18(26)23(19(27)11-16)25(32)34-17-12-20(28)24(21(29)13-17)33-9-8-22(30)31/h8-15,22H,2-7H2,1H3/b9-8+. The third kappa shape index (κ3) is 6.33. The zero-order chi connectivity index (χ0) is 24.8. The van der Waals surface area contributed by atoms with Gasteiger partial charge in [0.1, 0.15) is 22.9 Å². The first-order chi connectivity index (χ1) is 16.2. The van der Waals surface area contributed by atoms with Crippen LogP contribution in [-0.2, 0) is 0 Å². The molecule has 0 radical (unpaired) electrons. The smallest absolute Gasteiger partial charge is 0.349 e. The molecule has 2 aromatic carbocycles. The van der Waals surface area contributed by atoms with Crippen molar-refractivity contribution in [3.8, 4) is 11.5 Å². The summed E-state index contributed by atoms with van der Waals surface area (Å²) >= 11 is 0. The first kappa shape index (κ1) is 25.6. The SMILES string of the molecule is CCCC1CCC(c2cc(F)c(C(=O)Oc3cc(F)c(O/C=C/C(F)F)c(F)c3)c(F)c2)CC1. The van der Waals surface area contributed by atoms with Gasteiger partial charge in [0.25, 0.3) is 6.43 Å². The number of alkyl halides is 2. The van der Waals surface area contributed by atoms with E-state index in [1.54, 1.807) is 0 Å². The van der Waals surface area contributed by atoms with E-state index in [4.69, 9.17) is 4.74 Å². The Hall–Kier alpha value is -2.97. The average Bonchev–Trinajstić information content (AvgIpc) is 2.75. The van der Waals surface area contributed by atoms with Gasteiger partial charge < -0.3 is 9.47 Å². The number of carbonyl (C=O) groups is 1. The largest absolute Gasteiger partial charge is 0.459 e. The number of hydrogen-bond donors (Lipinski definition) is 0. The van der Waals surface area contributed by atoms with Crippen LogP contribution in [0.4, 0.5) is 26.3 Å². The minimum atomic E-state index is -2.89. The average molecular weight is 486 g/mol. The Morgan fingerprint density at radius 3 is 2.09 bits per heavy atom. The summed E-state index contributed by atoms with van der Waals surface area (Å²) in [6, 6.07) is 3.26. The molecule has 9 heteroatoms. The van der Waals surface area contributed by atoms with E-state index in [0.29, 0.717) is 29.9 Å². The van der Waals surface area contributed by atoms with Crippen molar-refractivity contribution in [1.29, 1.82) is 0 Å². The Bertz CT molecular complexity index is 999. The van der Waals surface area contributed by atoms with E-state index in [9.17, 15) is 31.1 Å². The monoisotopic (exact) mass is 486 g/mol. The van der Waals surface area contributed by atoms with E-state index in [1.165, 1.54) is 0 Å². The molecule has 2 aromatic rings. The Labute approximate surface area is 193 Å². The topological polar surface area (TPSA) is 35.5 Å².